The first-order valence-electron chi connectivity index (χ1n) is 6.49. The van der Waals surface area contributed by atoms with Crippen molar-refractivity contribution >= 4 is 33.5 Å². The van der Waals surface area contributed by atoms with E-state index in [1.165, 1.54) is 12.1 Å². The lowest BCUT2D eigenvalue weighted by atomic mass is 9.86. The average Bonchev–Trinajstić information content (AvgIpc) is 2.37. The molecule has 0 aromatic heterocycles. The summed E-state index contributed by atoms with van der Waals surface area (Å²) in [5.74, 6) is -4.59. The molecule has 1 saturated carbocycles. The van der Waals surface area contributed by atoms with Gasteiger partial charge in [0.05, 0.1) is 5.56 Å². The summed E-state index contributed by atoms with van der Waals surface area (Å²) in [6, 6.07) is 4.32. The Balaban J connectivity index is 2.05. The van der Waals surface area contributed by atoms with Crippen molar-refractivity contribution in [3.05, 3.63) is 28.2 Å². The van der Waals surface area contributed by atoms with Crippen LogP contribution in [0.15, 0.2) is 22.7 Å². The maximum absolute atomic E-state index is 13.1. The average molecular weight is 362 g/mol. The number of carboxylic acid groups (broad SMARTS) is 1. The van der Waals surface area contributed by atoms with Crippen molar-refractivity contribution in [3.63, 3.8) is 0 Å². The van der Waals surface area contributed by atoms with Gasteiger partial charge in [0.1, 0.15) is 0 Å². The first kappa shape index (κ1) is 15.9. The Hall–Kier alpha value is -1.50. The Bertz CT molecular complexity index is 567. The zero-order chi connectivity index (χ0) is 15.6. The molecule has 7 heteroatoms. The predicted octanol–water partition coefficient (Wildman–Crippen LogP) is 3.91. The van der Waals surface area contributed by atoms with Crippen LogP contribution >= 0.6 is 15.9 Å². The van der Waals surface area contributed by atoms with E-state index >= 15 is 0 Å². The Morgan fingerprint density at radius 2 is 1.86 bits per heavy atom. The van der Waals surface area contributed by atoms with Crippen molar-refractivity contribution in [1.82, 2.24) is 0 Å². The molecular weight excluding hydrogens is 348 g/mol. The molecule has 0 saturated heterocycles. The van der Waals surface area contributed by atoms with E-state index in [2.05, 4.69) is 21.2 Å². The topological polar surface area (TPSA) is 66.4 Å². The van der Waals surface area contributed by atoms with Crippen LogP contribution in [0.2, 0.25) is 0 Å². The van der Waals surface area contributed by atoms with Crippen molar-refractivity contribution < 1.29 is 23.5 Å². The molecule has 0 heterocycles. The number of alkyl halides is 2. The van der Waals surface area contributed by atoms with Crippen LogP contribution in [-0.4, -0.2) is 22.9 Å². The number of amides is 1. The molecule has 1 amide bonds. The number of halogens is 3. The normalized spacial score (nSPS) is 18.2. The molecule has 1 aliphatic rings. The van der Waals surface area contributed by atoms with Gasteiger partial charge in [0.25, 0.3) is 0 Å². The van der Waals surface area contributed by atoms with E-state index in [9.17, 15) is 18.4 Å². The van der Waals surface area contributed by atoms with Gasteiger partial charge >= 0.3 is 5.97 Å². The van der Waals surface area contributed by atoms with Gasteiger partial charge in [-0.2, -0.15) is 0 Å². The van der Waals surface area contributed by atoms with Crippen LogP contribution < -0.4 is 5.32 Å². The van der Waals surface area contributed by atoms with E-state index in [1.54, 1.807) is 6.07 Å². The van der Waals surface area contributed by atoms with Crippen molar-refractivity contribution in [1.29, 1.82) is 0 Å². The van der Waals surface area contributed by atoms with E-state index in [0.29, 0.717) is 10.2 Å². The number of carbonyl (C=O) groups is 2. The van der Waals surface area contributed by atoms with Gasteiger partial charge in [0.2, 0.25) is 11.8 Å². The molecule has 114 valence electrons. The SMILES string of the molecule is O=C(O)c1cc(Br)cc(NC(=O)C2CCC(F)(F)CC2)c1. The minimum absolute atomic E-state index is 0.0369. The van der Waals surface area contributed by atoms with Gasteiger partial charge in [-0.15, -0.1) is 0 Å². The number of nitrogens with one attached hydrogen (secondary N) is 1. The molecule has 0 bridgehead atoms. The number of anilines is 1. The van der Waals surface area contributed by atoms with Gasteiger partial charge in [-0.3, -0.25) is 4.79 Å². The van der Waals surface area contributed by atoms with Gasteiger partial charge in [0, 0.05) is 28.9 Å². The lowest BCUT2D eigenvalue weighted by Crippen LogP contribution is -2.31. The molecule has 2 rings (SSSR count). The standard InChI is InChI=1S/C14H14BrF2NO3/c15-10-5-9(13(20)21)6-11(7-10)18-12(19)8-1-3-14(16,17)4-2-8/h5-8H,1-4H2,(H,18,19)(H,20,21). The highest BCUT2D eigenvalue weighted by atomic mass is 79.9. The summed E-state index contributed by atoms with van der Waals surface area (Å²) >= 11 is 3.17. The molecule has 0 unspecified atom stereocenters. The Morgan fingerprint density at radius 1 is 1.24 bits per heavy atom. The van der Waals surface area contributed by atoms with Crippen molar-refractivity contribution in [2.45, 2.75) is 31.6 Å². The summed E-state index contributed by atoms with van der Waals surface area (Å²) in [5.41, 5.74) is 0.374. The fourth-order valence-electron chi connectivity index (χ4n) is 2.33. The highest BCUT2D eigenvalue weighted by Gasteiger charge is 2.37. The second kappa shape index (κ2) is 6.09. The maximum Gasteiger partial charge on any atom is 0.335 e. The number of hydrogen-bond donors (Lipinski definition) is 2. The van der Waals surface area contributed by atoms with Crippen LogP contribution in [0.5, 0.6) is 0 Å². The third-order valence-corrected chi connectivity index (χ3v) is 3.96. The second-order valence-corrected chi connectivity index (χ2v) is 6.07. The van der Waals surface area contributed by atoms with Gasteiger partial charge in [0.15, 0.2) is 0 Å². The quantitative estimate of drug-likeness (QED) is 0.857. The number of hydrogen-bond acceptors (Lipinski definition) is 2. The molecule has 0 radical (unpaired) electrons. The van der Waals surface area contributed by atoms with Crippen LogP contribution in [-0.2, 0) is 4.79 Å². The van der Waals surface area contributed by atoms with Gasteiger partial charge in [-0.05, 0) is 31.0 Å². The lowest BCUT2D eigenvalue weighted by molar-refractivity contribution is -0.124. The number of rotatable bonds is 3. The van der Waals surface area contributed by atoms with E-state index in [1.807, 2.05) is 0 Å². The zero-order valence-electron chi connectivity index (χ0n) is 11.0. The van der Waals surface area contributed by atoms with Crippen molar-refractivity contribution in [2.24, 2.45) is 5.92 Å². The van der Waals surface area contributed by atoms with E-state index in [-0.39, 0.29) is 37.2 Å². The lowest BCUT2D eigenvalue weighted by Gasteiger charge is -2.27. The van der Waals surface area contributed by atoms with E-state index in [0.717, 1.165) is 0 Å². The Kier molecular flexibility index (Phi) is 4.61. The zero-order valence-corrected chi connectivity index (χ0v) is 12.6. The first-order valence-corrected chi connectivity index (χ1v) is 7.29. The fraction of sp³-hybridized carbons (Fsp3) is 0.429. The summed E-state index contributed by atoms with van der Waals surface area (Å²) in [6.07, 6.45) is -0.300. The van der Waals surface area contributed by atoms with Gasteiger partial charge in [-0.1, -0.05) is 15.9 Å². The summed E-state index contributed by atoms with van der Waals surface area (Å²) in [4.78, 5) is 23.0. The van der Waals surface area contributed by atoms with Crippen molar-refractivity contribution in [3.8, 4) is 0 Å². The monoisotopic (exact) mass is 361 g/mol. The van der Waals surface area contributed by atoms with E-state index < -0.39 is 17.8 Å². The predicted molar refractivity (Wildman–Crippen MR) is 76.6 cm³/mol. The first-order chi connectivity index (χ1) is 9.77. The third kappa shape index (κ3) is 4.23. The minimum atomic E-state index is -2.68. The number of carboxylic acids is 1. The summed E-state index contributed by atoms with van der Waals surface area (Å²) in [6.45, 7) is 0. The highest BCUT2D eigenvalue weighted by molar-refractivity contribution is 9.10. The molecule has 0 spiro atoms. The van der Waals surface area contributed by atoms with Crippen LogP contribution in [0.1, 0.15) is 36.0 Å². The maximum atomic E-state index is 13.1. The largest absolute Gasteiger partial charge is 0.478 e. The minimum Gasteiger partial charge on any atom is -0.478 e. The Morgan fingerprint density at radius 3 is 2.43 bits per heavy atom. The smallest absolute Gasteiger partial charge is 0.335 e. The molecule has 0 aliphatic heterocycles. The van der Waals surface area contributed by atoms with Crippen LogP contribution in [0.25, 0.3) is 0 Å². The molecule has 21 heavy (non-hydrogen) atoms. The molecule has 1 aliphatic carbocycles. The third-order valence-electron chi connectivity index (χ3n) is 3.50. The number of aromatic carboxylic acids is 1. The molecule has 1 fully saturated rings. The molecule has 0 atom stereocenters. The fourth-order valence-corrected chi connectivity index (χ4v) is 2.83. The van der Waals surface area contributed by atoms with Gasteiger partial charge in [-0.25, -0.2) is 13.6 Å². The highest BCUT2D eigenvalue weighted by Crippen LogP contribution is 2.36. The van der Waals surface area contributed by atoms with Crippen molar-refractivity contribution in [2.75, 3.05) is 5.32 Å². The van der Waals surface area contributed by atoms with Crippen LogP contribution in [0.3, 0.4) is 0 Å². The molecular formula is C14H14BrF2NO3. The number of benzene rings is 1. The molecule has 4 nitrogen and oxygen atoms in total. The second-order valence-electron chi connectivity index (χ2n) is 5.15. The molecule has 2 N–H and O–H groups in total. The van der Waals surface area contributed by atoms with Crippen LogP contribution in [0, 0.1) is 5.92 Å². The molecule has 1 aromatic carbocycles. The van der Waals surface area contributed by atoms with Crippen LogP contribution in [0.4, 0.5) is 14.5 Å². The van der Waals surface area contributed by atoms with Gasteiger partial charge < -0.3 is 10.4 Å². The Labute approximate surface area is 128 Å². The van der Waals surface area contributed by atoms with E-state index in [4.69, 9.17) is 5.11 Å². The molecule has 1 aromatic rings. The summed E-state index contributed by atoms with van der Waals surface area (Å²) < 4.78 is 26.6. The number of carbonyl (C=O) groups excluding carboxylic acids is 1. The summed E-state index contributed by atoms with van der Waals surface area (Å²) in [7, 11) is 0. The summed E-state index contributed by atoms with van der Waals surface area (Å²) in [5, 5.41) is 11.6.